The number of aryl methyl sites for hydroxylation is 1. The van der Waals surface area contributed by atoms with Crippen molar-refractivity contribution in [3.8, 4) is 11.1 Å². The van der Waals surface area contributed by atoms with Gasteiger partial charge in [0.25, 0.3) is 0 Å². The predicted molar refractivity (Wildman–Crippen MR) is 69.3 cm³/mol. The van der Waals surface area contributed by atoms with E-state index in [-0.39, 0.29) is 5.56 Å². The second kappa shape index (κ2) is 5.45. The molecule has 1 nitrogen and oxygen atoms in total. The van der Waals surface area contributed by atoms with Crippen LogP contribution in [-0.2, 0) is 6.54 Å². The van der Waals surface area contributed by atoms with E-state index >= 15 is 0 Å². The van der Waals surface area contributed by atoms with Crippen LogP contribution in [0.5, 0.6) is 0 Å². The Labute approximate surface area is 110 Å². The maximum Gasteiger partial charge on any atom is 0.161 e. The van der Waals surface area contributed by atoms with Crippen molar-refractivity contribution in [3.63, 3.8) is 0 Å². The molecule has 0 radical (unpaired) electrons. The molecule has 0 aliphatic heterocycles. The Morgan fingerprint density at radius 2 is 1.58 bits per heavy atom. The minimum atomic E-state index is -1.18. The maximum absolute atomic E-state index is 13.7. The van der Waals surface area contributed by atoms with E-state index in [9.17, 15) is 13.2 Å². The van der Waals surface area contributed by atoms with Crippen LogP contribution in [0.25, 0.3) is 11.1 Å². The molecule has 100 valence electrons. The van der Waals surface area contributed by atoms with Gasteiger partial charge in [-0.2, -0.15) is 0 Å². The molecule has 0 atom stereocenters. The summed E-state index contributed by atoms with van der Waals surface area (Å²) >= 11 is 0. The number of nitrogens with one attached hydrogen (secondary N) is 1. The van der Waals surface area contributed by atoms with Crippen molar-refractivity contribution in [1.29, 1.82) is 0 Å². The fourth-order valence-corrected chi connectivity index (χ4v) is 2.07. The topological polar surface area (TPSA) is 12.0 Å². The summed E-state index contributed by atoms with van der Waals surface area (Å²) in [5, 5.41) is 3.01. The third-order valence-corrected chi connectivity index (χ3v) is 2.97. The smallest absolute Gasteiger partial charge is 0.161 e. The van der Waals surface area contributed by atoms with Crippen LogP contribution in [0.15, 0.2) is 30.3 Å². The third-order valence-electron chi connectivity index (χ3n) is 2.97. The summed E-state index contributed by atoms with van der Waals surface area (Å²) in [6, 6.07) is 6.92. The van der Waals surface area contributed by atoms with Crippen molar-refractivity contribution in [2.24, 2.45) is 0 Å². The number of halogens is 3. The van der Waals surface area contributed by atoms with Crippen molar-refractivity contribution < 1.29 is 13.2 Å². The van der Waals surface area contributed by atoms with Gasteiger partial charge in [-0.15, -0.1) is 0 Å². The fraction of sp³-hybridized carbons (Fsp3) is 0.200. The third kappa shape index (κ3) is 2.79. The van der Waals surface area contributed by atoms with E-state index < -0.39 is 17.5 Å². The highest BCUT2D eigenvalue weighted by Gasteiger charge is 2.13. The lowest BCUT2D eigenvalue weighted by Gasteiger charge is -2.10. The van der Waals surface area contributed by atoms with Gasteiger partial charge in [0, 0.05) is 18.2 Å². The van der Waals surface area contributed by atoms with Crippen molar-refractivity contribution >= 4 is 0 Å². The van der Waals surface area contributed by atoms with Crippen LogP contribution >= 0.6 is 0 Å². The molecule has 0 aromatic heterocycles. The van der Waals surface area contributed by atoms with Gasteiger partial charge in [0.1, 0.15) is 5.82 Å². The predicted octanol–water partition coefficient (Wildman–Crippen LogP) is 3.80. The summed E-state index contributed by atoms with van der Waals surface area (Å²) in [4.78, 5) is 0. The van der Waals surface area contributed by atoms with Gasteiger partial charge < -0.3 is 5.32 Å². The SMILES string of the molecule is CNCc1ccc(-c2cc(F)c(F)cc2F)c(C)c1. The normalized spacial score (nSPS) is 10.8. The van der Waals surface area contributed by atoms with Gasteiger partial charge in [0.2, 0.25) is 0 Å². The lowest BCUT2D eigenvalue weighted by molar-refractivity contribution is 0.496. The molecule has 2 aromatic carbocycles. The van der Waals surface area contributed by atoms with Crippen LogP contribution in [0.4, 0.5) is 13.2 Å². The van der Waals surface area contributed by atoms with Gasteiger partial charge in [-0.05, 0) is 36.7 Å². The van der Waals surface area contributed by atoms with E-state index in [1.807, 2.05) is 26.1 Å². The molecule has 0 spiro atoms. The molecule has 0 bridgehead atoms. The summed E-state index contributed by atoms with van der Waals surface area (Å²) in [6.45, 7) is 2.51. The van der Waals surface area contributed by atoms with Crippen LogP contribution in [0.2, 0.25) is 0 Å². The molecule has 1 N–H and O–H groups in total. The van der Waals surface area contributed by atoms with Gasteiger partial charge in [0.05, 0.1) is 0 Å². The fourth-order valence-electron chi connectivity index (χ4n) is 2.07. The van der Waals surface area contributed by atoms with Crippen molar-refractivity contribution in [3.05, 3.63) is 58.9 Å². The monoisotopic (exact) mass is 265 g/mol. The molecule has 0 aliphatic rings. The number of hydrogen-bond acceptors (Lipinski definition) is 1. The first-order valence-electron chi connectivity index (χ1n) is 5.92. The first-order valence-corrected chi connectivity index (χ1v) is 5.92. The molecule has 2 aromatic rings. The first-order chi connectivity index (χ1) is 9.02. The van der Waals surface area contributed by atoms with E-state index in [0.29, 0.717) is 18.2 Å². The Kier molecular flexibility index (Phi) is 3.90. The molecule has 2 rings (SSSR count). The largest absolute Gasteiger partial charge is 0.316 e. The summed E-state index contributed by atoms with van der Waals surface area (Å²) in [5.74, 6) is -2.98. The van der Waals surface area contributed by atoms with Crippen LogP contribution in [0.3, 0.4) is 0 Å². The molecule has 0 aliphatic carbocycles. The lowest BCUT2D eigenvalue weighted by atomic mass is 9.98. The Morgan fingerprint density at radius 3 is 2.21 bits per heavy atom. The molecular weight excluding hydrogens is 251 g/mol. The van der Waals surface area contributed by atoms with Gasteiger partial charge >= 0.3 is 0 Å². The summed E-state index contributed by atoms with van der Waals surface area (Å²) < 4.78 is 39.9. The van der Waals surface area contributed by atoms with E-state index in [4.69, 9.17) is 0 Å². The number of rotatable bonds is 3. The lowest BCUT2D eigenvalue weighted by Crippen LogP contribution is -2.05. The Balaban J connectivity index is 2.50. The van der Waals surface area contributed by atoms with Crippen LogP contribution in [0, 0.1) is 24.4 Å². The molecule has 0 amide bonds. The van der Waals surface area contributed by atoms with E-state index in [0.717, 1.165) is 17.2 Å². The van der Waals surface area contributed by atoms with Crippen molar-refractivity contribution in [1.82, 2.24) is 5.32 Å². The summed E-state index contributed by atoms with van der Waals surface area (Å²) in [5.41, 5.74) is 2.51. The average Bonchev–Trinajstić information content (AvgIpc) is 2.35. The molecular formula is C15H14F3N. The zero-order chi connectivity index (χ0) is 14.0. The Bertz CT molecular complexity index is 609. The highest BCUT2D eigenvalue weighted by atomic mass is 19.2. The highest BCUT2D eigenvalue weighted by Crippen LogP contribution is 2.28. The van der Waals surface area contributed by atoms with Crippen LogP contribution < -0.4 is 5.32 Å². The molecule has 0 fully saturated rings. The first kappa shape index (κ1) is 13.6. The zero-order valence-corrected chi connectivity index (χ0v) is 10.7. The molecule has 19 heavy (non-hydrogen) atoms. The van der Waals surface area contributed by atoms with E-state index in [1.165, 1.54) is 0 Å². The highest BCUT2D eigenvalue weighted by molar-refractivity contribution is 5.68. The van der Waals surface area contributed by atoms with Crippen molar-refractivity contribution in [2.45, 2.75) is 13.5 Å². The minimum Gasteiger partial charge on any atom is -0.316 e. The van der Waals surface area contributed by atoms with Gasteiger partial charge in [-0.25, -0.2) is 13.2 Å². The van der Waals surface area contributed by atoms with Crippen molar-refractivity contribution in [2.75, 3.05) is 7.05 Å². The van der Waals surface area contributed by atoms with E-state index in [2.05, 4.69) is 5.32 Å². The summed E-state index contributed by atoms with van der Waals surface area (Å²) in [6.07, 6.45) is 0. The average molecular weight is 265 g/mol. The molecule has 0 saturated carbocycles. The number of hydrogen-bond donors (Lipinski definition) is 1. The summed E-state index contributed by atoms with van der Waals surface area (Å²) in [7, 11) is 1.83. The van der Waals surface area contributed by atoms with Crippen LogP contribution in [-0.4, -0.2) is 7.05 Å². The molecule has 0 unspecified atom stereocenters. The van der Waals surface area contributed by atoms with E-state index in [1.54, 1.807) is 6.07 Å². The second-order valence-electron chi connectivity index (χ2n) is 4.43. The van der Waals surface area contributed by atoms with Gasteiger partial charge in [0.15, 0.2) is 11.6 Å². The second-order valence-corrected chi connectivity index (χ2v) is 4.43. The molecule has 4 heteroatoms. The number of benzene rings is 2. The Morgan fingerprint density at radius 1 is 0.895 bits per heavy atom. The van der Waals surface area contributed by atoms with Crippen LogP contribution in [0.1, 0.15) is 11.1 Å². The quantitative estimate of drug-likeness (QED) is 0.832. The molecule has 0 heterocycles. The van der Waals surface area contributed by atoms with Gasteiger partial charge in [-0.1, -0.05) is 18.2 Å². The minimum absolute atomic E-state index is 0.0763. The maximum atomic E-state index is 13.7. The van der Waals surface area contributed by atoms with Gasteiger partial charge in [-0.3, -0.25) is 0 Å². The molecule has 0 saturated heterocycles. The Hall–Kier alpha value is -1.81. The zero-order valence-electron chi connectivity index (χ0n) is 10.7. The standard InChI is InChI=1S/C15H14F3N/c1-9-5-10(8-19-2)3-4-11(9)12-6-14(17)15(18)7-13(12)16/h3-7,19H,8H2,1-2H3.